The maximum absolute atomic E-state index is 12.4. The minimum absolute atomic E-state index is 0.0181. The topological polar surface area (TPSA) is 61.4 Å². The highest BCUT2D eigenvalue weighted by Gasteiger charge is 2.28. The lowest BCUT2D eigenvalue weighted by molar-refractivity contribution is -0.136. The second-order valence-corrected chi connectivity index (χ2v) is 5.94. The predicted octanol–water partition coefficient (Wildman–Crippen LogP) is 0.438. The Balaban J connectivity index is 1.56. The quantitative estimate of drug-likeness (QED) is 0.844. The van der Waals surface area contributed by atoms with E-state index < -0.39 is 0 Å². The van der Waals surface area contributed by atoms with Crippen LogP contribution in [0, 0.1) is 0 Å². The van der Waals surface area contributed by atoms with Crippen molar-refractivity contribution in [3.63, 3.8) is 0 Å². The Kier molecular flexibility index (Phi) is 3.92. The smallest absolute Gasteiger partial charge is 0.240 e. The van der Waals surface area contributed by atoms with Gasteiger partial charge in [0.25, 0.3) is 0 Å². The van der Waals surface area contributed by atoms with E-state index >= 15 is 0 Å². The number of hydrogen-bond acceptors (Lipinski definition) is 3. The van der Waals surface area contributed by atoms with Gasteiger partial charge in [0.1, 0.15) is 0 Å². The van der Waals surface area contributed by atoms with Crippen molar-refractivity contribution in [2.75, 3.05) is 13.6 Å². The SMILES string of the molecule is CN(CC(=O)NC1CC1)C(=O)[C@H]1Cc2ccccc2CN1. The summed E-state index contributed by atoms with van der Waals surface area (Å²) in [6, 6.07) is 8.25. The third-order valence-corrected chi connectivity index (χ3v) is 4.08. The fraction of sp³-hybridized carbons (Fsp3) is 0.500. The van der Waals surface area contributed by atoms with E-state index in [1.807, 2.05) is 12.1 Å². The number of nitrogens with zero attached hydrogens (tertiary/aromatic N) is 1. The molecule has 0 bridgehead atoms. The van der Waals surface area contributed by atoms with Crippen molar-refractivity contribution in [1.29, 1.82) is 0 Å². The van der Waals surface area contributed by atoms with Crippen LogP contribution in [0.4, 0.5) is 0 Å². The zero-order valence-electron chi connectivity index (χ0n) is 12.3. The molecular weight excluding hydrogens is 266 g/mol. The first-order valence-corrected chi connectivity index (χ1v) is 7.48. The molecule has 0 spiro atoms. The Morgan fingerprint density at radius 3 is 2.71 bits per heavy atom. The molecule has 0 aromatic heterocycles. The van der Waals surface area contributed by atoms with Crippen LogP contribution in [0.15, 0.2) is 24.3 Å². The molecule has 1 aliphatic carbocycles. The number of carbonyl (C=O) groups excluding carboxylic acids is 2. The summed E-state index contributed by atoms with van der Waals surface area (Å²) in [6.07, 6.45) is 2.80. The highest BCUT2D eigenvalue weighted by Crippen LogP contribution is 2.19. The first-order chi connectivity index (χ1) is 10.1. The number of rotatable bonds is 4. The lowest BCUT2D eigenvalue weighted by atomic mass is 9.95. The Bertz CT molecular complexity index is 554. The molecule has 2 amide bonds. The van der Waals surface area contributed by atoms with Gasteiger partial charge in [0.15, 0.2) is 0 Å². The zero-order chi connectivity index (χ0) is 14.8. The van der Waals surface area contributed by atoms with Gasteiger partial charge in [-0.1, -0.05) is 24.3 Å². The predicted molar refractivity (Wildman–Crippen MR) is 79.6 cm³/mol. The molecule has 1 aromatic rings. The number of likely N-dealkylation sites (N-methyl/N-ethyl adjacent to an activating group) is 1. The third kappa shape index (κ3) is 3.42. The second-order valence-electron chi connectivity index (χ2n) is 5.94. The highest BCUT2D eigenvalue weighted by atomic mass is 16.2. The Hall–Kier alpha value is -1.88. The van der Waals surface area contributed by atoms with Gasteiger partial charge in [0, 0.05) is 19.6 Å². The average molecular weight is 287 g/mol. The van der Waals surface area contributed by atoms with Crippen LogP contribution in [-0.2, 0) is 22.6 Å². The molecule has 1 heterocycles. The molecule has 1 aliphatic heterocycles. The summed E-state index contributed by atoms with van der Waals surface area (Å²) in [5, 5.41) is 6.16. The Morgan fingerprint density at radius 1 is 1.29 bits per heavy atom. The van der Waals surface area contributed by atoms with E-state index in [9.17, 15) is 9.59 Å². The third-order valence-electron chi connectivity index (χ3n) is 4.08. The van der Waals surface area contributed by atoms with Gasteiger partial charge in [-0.15, -0.1) is 0 Å². The van der Waals surface area contributed by atoms with E-state index in [-0.39, 0.29) is 24.4 Å². The molecule has 2 N–H and O–H groups in total. The van der Waals surface area contributed by atoms with Crippen molar-refractivity contribution in [3.05, 3.63) is 35.4 Å². The van der Waals surface area contributed by atoms with Crippen molar-refractivity contribution < 1.29 is 9.59 Å². The lowest BCUT2D eigenvalue weighted by Gasteiger charge is -2.28. The first-order valence-electron chi connectivity index (χ1n) is 7.48. The summed E-state index contributed by atoms with van der Waals surface area (Å²) in [7, 11) is 1.69. The first kappa shape index (κ1) is 14.1. The zero-order valence-corrected chi connectivity index (χ0v) is 12.3. The molecule has 1 fully saturated rings. The van der Waals surface area contributed by atoms with Gasteiger partial charge in [0.2, 0.25) is 11.8 Å². The average Bonchev–Trinajstić information content (AvgIpc) is 3.29. The molecular formula is C16H21N3O2. The molecule has 1 saturated carbocycles. The summed E-state index contributed by atoms with van der Waals surface area (Å²) in [5.41, 5.74) is 2.46. The van der Waals surface area contributed by atoms with Gasteiger partial charge >= 0.3 is 0 Å². The number of fused-ring (bicyclic) bond motifs is 1. The monoisotopic (exact) mass is 287 g/mol. The van der Waals surface area contributed by atoms with Gasteiger partial charge in [-0.25, -0.2) is 0 Å². The van der Waals surface area contributed by atoms with Crippen LogP contribution >= 0.6 is 0 Å². The minimum Gasteiger partial charge on any atom is -0.352 e. The minimum atomic E-state index is -0.237. The summed E-state index contributed by atoms with van der Waals surface area (Å²) in [6.45, 7) is 0.837. The van der Waals surface area contributed by atoms with Crippen LogP contribution in [0.3, 0.4) is 0 Å². The summed E-state index contributed by atoms with van der Waals surface area (Å²) in [5.74, 6) is -0.0833. The lowest BCUT2D eigenvalue weighted by Crippen LogP contribution is -2.50. The highest BCUT2D eigenvalue weighted by molar-refractivity contribution is 5.87. The van der Waals surface area contributed by atoms with Crippen LogP contribution in [0.1, 0.15) is 24.0 Å². The van der Waals surface area contributed by atoms with Crippen molar-refractivity contribution in [3.8, 4) is 0 Å². The molecule has 5 nitrogen and oxygen atoms in total. The van der Waals surface area contributed by atoms with Gasteiger partial charge < -0.3 is 15.5 Å². The van der Waals surface area contributed by atoms with Crippen molar-refractivity contribution in [1.82, 2.24) is 15.5 Å². The molecule has 0 radical (unpaired) electrons. The largest absolute Gasteiger partial charge is 0.352 e. The van der Waals surface area contributed by atoms with Gasteiger partial charge in [-0.2, -0.15) is 0 Å². The summed E-state index contributed by atoms with van der Waals surface area (Å²) in [4.78, 5) is 25.7. The molecule has 21 heavy (non-hydrogen) atoms. The molecule has 2 aliphatic rings. The fourth-order valence-electron chi connectivity index (χ4n) is 2.69. The molecule has 0 saturated heterocycles. The van der Waals surface area contributed by atoms with Crippen LogP contribution in [-0.4, -0.2) is 42.4 Å². The van der Waals surface area contributed by atoms with E-state index in [1.165, 1.54) is 16.0 Å². The van der Waals surface area contributed by atoms with Crippen LogP contribution in [0.25, 0.3) is 0 Å². The van der Waals surface area contributed by atoms with E-state index in [0.717, 1.165) is 12.8 Å². The maximum Gasteiger partial charge on any atom is 0.240 e. The van der Waals surface area contributed by atoms with E-state index in [4.69, 9.17) is 0 Å². The van der Waals surface area contributed by atoms with Gasteiger partial charge in [-0.05, 0) is 30.4 Å². The van der Waals surface area contributed by atoms with Gasteiger partial charge in [0.05, 0.1) is 12.6 Å². The summed E-state index contributed by atoms with van der Waals surface area (Å²) >= 11 is 0. The molecule has 112 valence electrons. The molecule has 1 aromatic carbocycles. The Morgan fingerprint density at radius 2 is 2.00 bits per heavy atom. The Labute approximate surface area is 124 Å². The maximum atomic E-state index is 12.4. The molecule has 0 unspecified atom stereocenters. The van der Waals surface area contributed by atoms with Crippen molar-refractivity contribution in [2.24, 2.45) is 0 Å². The van der Waals surface area contributed by atoms with E-state index in [0.29, 0.717) is 19.0 Å². The van der Waals surface area contributed by atoms with Crippen molar-refractivity contribution >= 4 is 11.8 Å². The number of benzene rings is 1. The van der Waals surface area contributed by atoms with Crippen LogP contribution in [0.2, 0.25) is 0 Å². The number of nitrogens with one attached hydrogen (secondary N) is 2. The summed E-state index contributed by atoms with van der Waals surface area (Å²) < 4.78 is 0. The molecule has 5 heteroatoms. The van der Waals surface area contributed by atoms with Crippen molar-refractivity contribution in [2.45, 2.75) is 37.9 Å². The number of carbonyl (C=O) groups is 2. The molecule has 3 rings (SSSR count). The molecule has 1 atom stereocenters. The normalized spacial score (nSPS) is 20.5. The van der Waals surface area contributed by atoms with Crippen LogP contribution in [0.5, 0.6) is 0 Å². The van der Waals surface area contributed by atoms with Gasteiger partial charge in [-0.3, -0.25) is 9.59 Å². The number of hydrogen-bond donors (Lipinski definition) is 2. The second kappa shape index (κ2) is 5.85. The standard InChI is InChI=1S/C16H21N3O2/c1-19(10-15(20)18-13-6-7-13)16(21)14-8-11-4-2-3-5-12(11)9-17-14/h2-5,13-14,17H,6-10H2,1H3,(H,18,20)/t14-/m1/s1. The number of amides is 2. The van der Waals surface area contributed by atoms with E-state index in [2.05, 4.69) is 22.8 Å². The van der Waals surface area contributed by atoms with Crippen LogP contribution < -0.4 is 10.6 Å². The fourth-order valence-corrected chi connectivity index (χ4v) is 2.69. The van der Waals surface area contributed by atoms with E-state index in [1.54, 1.807) is 7.05 Å².